The van der Waals surface area contributed by atoms with Gasteiger partial charge >= 0.3 is 0 Å². The fourth-order valence-electron chi connectivity index (χ4n) is 3.65. The van der Waals surface area contributed by atoms with Crippen LogP contribution >= 0.6 is 0 Å². The third-order valence-corrected chi connectivity index (χ3v) is 5.05. The molecule has 0 atom stereocenters. The van der Waals surface area contributed by atoms with Crippen LogP contribution in [0.25, 0.3) is 11.2 Å². The molecule has 3 aromatic heterocycles. The van der Waals surface area contributed by atoms with Crippen molar-refractivity contribution in [2.45, 2.75) is 45.7 Å². The fourth-order valence-corrected chi connectivity index (χ4v) is 3.65. The van der Waals surface area contributed by atoms with Gasteiger partial charge in [0, 0.05) is 25.5 Å². The second-order valence-corrected chi connectivity index (χ2v) is 6.78. The number of fused-ring (bicyclic) bond motifs is 2. The van der Waals surface area contributed by atoms with Crippen LogP contribution in [0.1, 0.15) is 47.1 Å². The highest BCUT2D eigenvalue weighted by Gasteiger charge is 2.21. The number of rotatable bonds is 4. The van der Waals surface area contributed by atoms with Crippen molar-refractivity contribution in [1.82, 2.24) is 29.6 Å². The van der Waals surface area contributed by atoms with E-state index in [0.29, 0.717) is 35.8 Å². The lowest BCUT2D eigenvalue weighted by Gasteiger charge is -2.18. The summed E-state index contributed by atoms with van der Waals surface area (Å²) >= 11 is 0. The Bertz CT molecular complexity index is 971. The molecule has 0 spiro atoms. The van der Waals surface area contributed by atoms with Gasteiger partial charge in [-0.15, -0.1) is 0 Å². The maximum absolute atomic E-state index is 12.8. The number of aryl methyl sites for hydroxylation is 2. The first kappa shape index (κ1) is 16.6. The highest BCUT2D eigenvalue weighted by Crippen LogP contribution is 2.23. The summed E-state index contributed by atoms with van der Waals surface area (Å²) in [5, 5.41) is 7.55. The van der Waals surface area contributed by atoms with E-state index in [1.165, 1.54) is 24.1 Å². The van der Waals surface area contributed by atoms with Gasteiger partial charge in [0.2, 0.25) is 5.95 Å². The summed E-state index contributed by atoms with van der Waals surface area (Å²) in [6.07, 6.45) is 6.04. The van der Waals surface area contributed by atoms with Gasteiger partial charge in [0.05, 0.1) is 17.8 Å². The van der Waals surface area contributed by atoms with Crippen molar-refractivity contribution in [1.29, 1.82) is 0 Å². The quantitative estimate of drug-likeness (QED) is 0.745. The van der Waals surface area contributed by atoms with Crippen molar-refractivity contribution in [3.8, 4) is 0 Å². The first-order valence-electron chi connectivity index (χ1n) is 9.00. The highest BCUT2D eigenvalue weighted by atomic mass is 16.2. The number of imidazole rings is 1. The number of H-pyrrole nitrogens is 1. The van der Waals surface area contributed by atoms with Crippen LogP contribution in [-0.4, -0.2) is 42.6 Å². The van der Waals surface area contributed by atoms with Crippen LogP contribution in [0.2, 0.25) is 0 Å². The largest absolute Gasteiger partial charge is 0.369 e. The SMILES string of the molecule is CCn1c(N)nc2cc(C(=O)N(C)Cc3n[nH]c4c3CCCC4)cnc21. The number of carbonyl (C=O) groups is 1. The predicted octanol–water partition coefficient (Wildman–Crippen LogP) is 1.91. The number of amides is 1. The zero-order valence-electron chi connectivity index (χ0n) is 15.1. The lowest BCUT2D eigenvalue weighted by Crippen LogP contribution is -2.27. The highest BCUT2D eigenvalue weighted by molar-refractivity contribution is 5.96. The predicted molar refractivity (Wildman–Crippen MR) is 98.6 cm³/mol. The second-order valence-electron chi connectivity index (χ2n) is 6.78. The van der Waals surface area contributed by atoms with Gasteiger partial charge in [0.1, 0.15) is 5.52 Å². The van der Waals surface area contributed by atoms with Gasteiger partial charge in [-0.2, -0.15) is 5.10 Å². The molecule has 3 N–H and O–H groups in total. The van der Waals surface area contributed by atoms with E-state index in [9.17, 15) is 4.79 Å². The van der Waals surface area contributed by atoms with E-state index in [1.54, 1.807) is 24.2 Å². The monoisotopic (exact) mass is 353 g/mol. The van der Waals surface area contributed by atoms with Crippen molar-refractivity contribution in [2.75, 3.05) is 12.8 Å². The molecule has 0 unspecified atom stereocenters. The summed E-state index contributed by atoms with van der Waals surface area (Å²) in [6.45, 7) is 3.15. The zero-order chi connectivity index (χ0) is 18.3. The number of nitrogens with two attached hydrogens (primary N) is 1. The first-order valence-corrected chi connectivity index (χ1v) is 9.00. The molecule has 26 heavy (non-hydrogen) atoms. The maximum Gasteiger partial charge on any atom is 0.255 e. The van der Waals surface area contributed by atoms with E-state index in [4.69, 9.17) is 5.73 Å². The molecule has 3 heterocycles. The molecule has 8 heteroatoms. The number of hydrogen-bond donors (Lipinski definition) is 2. The lowest BCUT2D eigenvalue weighted by atomic mass is 9.96. The van der Waals surface area contributed by atoms with Gasteiger partial charge in [0.15, 0.2) is 5.65 Å². The Kier molecular flexibility index (Phi) is 4.10. The Hall–Kier alpha value is -2.90. The summed E-state index contributed by atoms with van der Waals surface area (Å²) < 4.78 is 1.82. The Morgan fingerprint density at radius 2 is 2.19 bits per heavy atom. The van der Waals surface area contributed by atoms with Crippen molar-refractivity contribution in [3.05, 3.63) is 34.8 Å². The number of aromatic nitrogens is 5. The van der Waals surface area contributed by atoms with Crippen molar-refractivity contribution >= 4 is 23.0 Å². The molecule has 8 nitrogen and oxygen atoms in total. The van der Waals surface area contributed by atoms with Crippen molar-refractivity contribution < 1.29 is 4.79 Å². The van der Waals surface area contributed by atoms with E-state index < -0.39 is 0 Å². The number of nitrogens with zero attached hydrogens (tertiary/aromatic N) is 5. The van der Waals surface area contributed by atoms with E-state index in [0.717, 1.165) is 18.5 Å². The Labute approximate surface area is 151 Å². The summed E-state index contributed by atoms with van der Waals surface area (Å²) in [4.78, 5) is 23.2. The van der Waals surface area contributed by atoms with Gasteiger partial charge in [-0.25, -0.2) is 9.97 Å². The minimum atomic E-state index is -0.100. The average molecular weight is 353 g/mol. The van der Waals surface area contributed by atoms with Crippen LogP contribution in [-0.2, 0) is 25.9 Å². The minimum Gasteiger partial charge on any atom is -0.369 e. The van der Waals surface area contributed by atoms with Gasteiger partial charge in [-0.3, -0.25) is 14.5 Å². The molecule has 0 radical (unpaired) electrons. The summed E-state index contributed by atoms with van der Waals surface area (Å²) in [7, 11) is 1.79. The molecule has 1 aliphatic rings. The fraction of sp³-hybridized carbons (Fsp3) is 0.444. The normalized spacial score (nSPS) is 13.8. The van der Waals surface area contributed by atoms with Crippen LogP contribution in [0.4, 0.5) is 5.95 Å². The van der Waals surface area contributed by atoms with Crippen LogP contribution in [0, 0.1) is 0 Å². The number of nitrogens with one attached hydrogen (secondary N) is 1. The molecular formula is C18H23N7O. The van der Waals surface area contributed by atoms with E-state index in [-0.39, 0.29) is 5.91 Å². The smallest absolute Gasteiger partial charge is 0.255 e. The van der Waals surface area contributed by atoms with Crippen LogP contribution < -0.4 is 5.73 Å². The maximum atomic E-state index is 12.8. The lowest BCUT2D eigenvalue weighted by molar-refractivity contribution is 0.0783. The molecule has 0 saturated carbocycles. The molecule has 136 valence electrons. The molecule has 4 rings (SSSR count). The standard InChI is InChI=1S/C18H23N7O/c1-3-25-16-14(21-18(25)19)8-11(9-20-16)17(26)24(2)10-15-12-6-4-5-7-13(12)22-23-15/h8-9H,3-7,10H2,1-2H3,(H2,19,21)(H,22,23). The first-order chi connectivity index (χ1) is 12.6. The van der Waals surface area contributed by atoms with Gasteiger partial charge in [0.25, 0.3) is 5.91 Å². The van der Waals surface area contributed by atoms with Crippen LogP contribution in [0.15, 0.2) is 12.3 Å². The van der Waals surface area contributed by atoms with E-state index in [1.807, 2.05) is 11.5 Å². The number of pyridine rings is 1. The molecule has 0 fully saturated rings. The van der Waals surface area contributed by atoms with Crippen LogP contribution in [0.3, 0.4) is 0 Å². The Morgan fingerprint density at radius 3 is 3.00 bits per heavy atom. The van der Waals surface area contributed by atoms with Crippen molar-refractivity contribution in [2.24, 2.45) is 0 Å². The van der Waals surface area contributed by atoms with Gasteiger partial charge in [-0.05, 0) is 44.2 Å². The molecule has 0 bridgehead atoms. The third kappa shape index (κ3) is 2.71. The zero-order valence-corrected chi connectivity index (χ0v) is 15.1. The Morgan fingerprint density at radius 1 is 1.38 bits per heavy atom. The number of carbonyl (C=O) groups excluding carboxylic acids is 1. The Balaban J connectivity index is 1.57. The summed E-state index contributed by atoms with van der Waals surface area (Å²) in [6, 6.07) is 1.75. The van der Waals surface area contributed by atoms with Gasteiger partial charge in [-0.1, -0.05) is 0 Å². The minimum absolute atomic E-state index is 0.100. The topological polar surface area (TPSA) is 106 Å². The molecule has 0 aromatic carbocycles. The summed E-state index contributed by atoms with van der Waals surface area (Å²) in [5.74, 6) is 0.313. The number of anilines is 1. The molecule has 3 aromatic rings. The molecule has 0 aliphatic heterocycles. The number of aromatic amines is 1. The van der Waals surface area contributed by atoms with E-state index in [2.05, 4.69) is 20.2 Å². The molecule has 0 saturated heterocycles. The van der Waals surface area contributed by atoms with Gasteiger partial charge < -0.3 is 10.6 Å². The van der Waals surface area contributed by atoms with Crippen LogP contribution in [0.5, 0.6) is 0 Å². The third-order valence-electron chi connectivity index (χ3n) is 5.05. The molecular weight excluding hydrogens is 330 g/mol. The van der Waals surface area contributed by atoms with Crippen molar-refractivity contribution in [3.63, 3.8) is 0 Å². The average Bonchev–Trinajstić information content (AvgIpc) is 3.20. The molecule has 1 amide bonds. The second kappa shape index (κ2) is 6.44. The summed E-state index contributed by atoms with van der Waals surface area (Å²) in [5.41, 5.74) is 11.2. The molecule has 1 aliphatic carbocycles. The number of nitrogen functional groups attached to an aromatic ring is 1. The number of hydrogen-bond acceptors (Lipinski definition) is 5. The van der Waals surface area contributed by atoms with E-state index >= 15 is 0 Å².